The molecule has 4 aromatic rings. The van der Waals surface area contributed by atoms with Gasteiger partial charge in [0, 0.05) is 16.5 Å². The number of benzene rings is 3. The Morgan fingerprint density at radius 3 is 2.17 bits per heavy atom. The highest BCUT2D eigenvalue weighted by atomic mass is 16.5. The maximum Gasteiger partial charge on any atom is 0.272 e. The Morgan fingerprint density at radius 1 is 0.897 bits per heavy atom. The van der Waals surface area contributed by atoms with Gasteiger partial charge in [0.05, 0.1) is 23.5 Å². The molecule has 1 aliphatic rings. The summed E-state index contributed by atoms with van der Waals surface area (Å²) in [5.41, 5.74) is 2.01. The van der Waals surface area contributed by atoms with Crippen molar-refractivity contribution in [2.24, 2.45) is 0 Å². The van der Waals surface area contributed by atoms with Crippen LogP contribution in [0, 0.1) is 0 Å². The van der Waals surface area contributed by atoms with Crippen molar-refractivity contribution in [3.63, 3.8) is 0 Å². The van der Waals surface area contributed by atoms with Crippen molar-refractivity contribution in [2.75, 3.05) is 0 Å². The molecule has 5 rings (SSSR count). The summed E-state index contributed by atoms with van der Waals surface area (Å²) in [7, 11) is 0. The first-order chi connectivity index (χ1) is 14.2. The van der Waals surface area contributed by atoms with E-state index in [4.69, 9.17) is 4.74 Å². The smallest absolute Gasteiger partial charge is 0.272 e. The number of aromatic amines is 1. The molecule has 29 heavy (non-hydrogen) atoms. The Labute approximate surface area is 166 Å². The average Bonchev–Trinajstić information content (AvgIpc) is 2.77. The number of H-pyrrole nitrogens is 1. The zero-order valence-electron chi connectivity index (χ0n) is 15.4. The van der Waals surface area contributed by atoms with Gasteiger partial charge < -0.3 is 10.1 Å². The number of para-hydroxylation sites is 2. The number of ether oxygens (including phenoxy) is 1. The molecule has 0 saturated heterocycles. The molecule has 1 amide bonds. The quantitative estimate of drug-likeness (QED) is 0.567. The van der Waals surface area contributed by atoms with Crippen molar-refractivity contribution in [1.82, 2.24) is 15.5 Å². The Morgan fingerprint density at radius 2 is 1.48 bits per heavy atom. The van der Waals surface area contributed by atoms with E-state index in [9.17, 15) is 9.59 Å². The first-order valence-electron chi connectivity index (χ1n) is 9.32. The van der Waals surface area contributed by atoms with Crippen LogP contribution in [0.15, 0.2) is 77.6 Å². The maximum absolute atomic E-state index is 13.2. The van der Waals surface area contributed by atoms with E-state index in [2.05, 4.69) is 15.5 Å². The van der Waals surface area contributed by atoms with Crippen molar-refractivity contribution in [1.29, 1.82) is 0 Å². The summed E-state index contributed by atoms with van der Waals surface area (Å²) in [6.45, 7) is 0.206. The van der Waals surface area contributed by atoms with Gasteiger partial charge in [0.1, 0.15) is 11.5 Å². The van der Waals surface area contributed by atoms with E-state index in [1.165, 1.54) is 0 Å². The summed E-state index contributed by atoms with van der Waals surface area (Å²) >= 11 is 0. The van der Waals surface area contributed by atoms with E-state index >= 15 is 0 Å². The number of aromatic nitrogens is 2. The molecule has 1 aliphatic heterocycles. The van der Waals surface area contributed by atoms with Gasteiger partial charge in [-0.25, -0.2) is 5.10 Å². The van der Waals surface area contributed by atoms with Gasteiger partial charge in [-0.05, 0) is 18.2 Å². The van der Waals surface area contributed by atoms with Gasteiger partial charge in [-0.3, -0.25) is 9.59 Å². The molecule has 6 heteroatoms. The second-order valence-electron chi connectivity index (χ2n) is 6.87. The minimum atomic E-state index is -0.481. The second-order valence-corrected chi connectivity index (χ2v) is 6.87. The van der Waals surface area contributed by atoms with Gasteiger partial charge >= 0.3 is 0 Å². The molecule has 0 bridgehead atoms. The van der Waals surface area contributed by atoms with Crippen LogP contribution >= 0.6 is 0 Å². The highest BCUT2D eigenvalue weighted by molar-refractivity contribution is 5.90. The molecule has 2 N–H and O–H groups in total. The first kappa shape index (κ1) is 17.2. The SMILES string of the molecule is O=C(NCc1n[nH]c(=O)c2ccccc12)C1c2ccccc2Oc2ccccc21. The molecule has 0 unspecified atom stereocenters. The molecule has 1 aromatic heterocycles. The van der Waals surface area contributed by atoms with Crippen molar-refractivity contribution < 1.29 is 9.53 Å². The zero-order chi connectivity index (χ0) is 19.8. The van der Waals surface area contributed by atoms with Crippen molar-refractivity contribution in [3.8, 4) is 11.5 Å². The lowest BCUT2D eigenvalue weighted by Crippen LogP contribution is -2.32. The van der Waals surface area contributed by atoms with E-state index in [-0.39, 0.29) is 18.0 Å². The number of hydrogen-bond acceptors (Lipinski definition) is 4. The zero-order valence-corrected chi connectivity index (χ0v) is 15.4. The van der Waals surface area contributed by atoms with Crippen LogP contribution in [-0.2, 0) is 11.3 Å². The summed E-state index contributed by atoms with van der Waals surface area (Å²) in [5.74, 6) is 0.730. The third-order valence-electron chi connectivity index (χ3n) is 5.15. The summed E-state index contributed by atoms with van der Waals surface area (Å²) in [6.07, 6.45) is 0. The molecule has 0 fully saturated rings. The highest BCUT2D eigenvalue weighted by Crippen LogP contribution is 2.43. The van der Waals surface area contributed by atoms with Crippen LogP contribution in [0.1, 0.15) is 22.7 Å². The lowest BCUT2D eigenvalue weighted by atomic mass is 9.87. The number of fused-ring (bicyclic) bond motifs is 3. The number of nitrogens with one attached hydrogen (secondary N) is 2. The number of nitrogens with zero attached hydrogens (tertiary/aromatic N) is 1. The number of amides is 1. The fourth-order valence-electron chi connectivity index (χ4n) is 3.77. The molecule has 3 aromatic carbocycles. The van der Waals surface area contributed by atoms with E-state index in [0.29, 0.717) is 22.6 Å². The van der Waals surface area contributed by atoms with Crippen LogP contribution in [0.3, 0.4) is 0 Å². The molecule has 0 spiro atoms. The number of carbonyl (C=O) groups excluding carboxylic acids is 1. The number of rotatable bonds is 3. The van der Waals surface area contributed by atoms with Gasteiger partial charge in [-0.15, -0.1) is 0 Å². The van der Waals surface area contributed by atoms with Gasteiger partial charge in [-0.1, -0.05) is 54.6 Å². The number of carbonyl (C=O) groups is 1. The van der Waals surface area contributed by atoms with Gasteiger partial charge in [0.25, 0.3) is 5.56 Å². The predicted molar refractivity (Wildman–Crippen MR) is 109 cm³/mol. The van der Waals surface area contributed by atoms with E-state index in [1.807, 2.05) is 60.7 Å². The number of hydrogen-bond donors (Lipinski definition) is 2. The summed E-state index contributed by atoms with van der Waals surface area (Å²) in [6, 6.07) is 22.3. The van der Waals surface area contributed by atoms with Crippen molar-refractivity contribution in [3.05, 3.63) is 100.0 Å². The Bertz CT molecular complexity index is 1250. The Balaban J connectivity index is 1.48. The van der Waals surface area contributed by atoms with E-state index in [1.54, 1.807) is 12.1 Å². The third kappa shape index (κ3) is 2.95. The third-order valence-corrected chi connectivity index (χ3v) is 5.15. The summed E-state index contributed by atoms with van der Waals surface area (Å²) in [4.78, 5) is 25.2. The monoisotopic (exact) mass is 383 g/mol. The highest BCUT2D eigenvalue weighted by Gasteiger charge is 2.32. The van der Waals surface area contributed by atoms with Crippen LogP contribution in [0.2, 0.25) is 0 Å². The molecule has 6 nitrogen and oxygen atoms in total. The summed E-state index contributed by atoms with van der Waals surface area (Å²) < 4.78 is 5.96. The lowest BCUT2D eigenvalue weighted by molar-refractivity contribution is -0.122. The van der Waals surface area contributed by atoms with Crippen LogP contribution in [0.25, 0.3) is 10.8 Å². The first-order valence-corrected chi connectivity index (χ1v) is 9.32. The largest absolute Gasteiger partial charge is 0.457 e. The molecule has 142 valence electrons. The fraction of sp³-hybridized carbons (Fsp3) is 0.0870. The Kier molecular flexibility index (Phi) is 4.09. The Hall–Kier alpha value is -3.93. The van der Waals surface area contributed by atoms with Crippen LogP contribution in [0.5, 0.6) is 11.5 Å². The second kappa shape index (κ2) is 6.91. The van der Waals surface area contributed by atoms with Gasteiger partial charge in [0.2, 0.25) is 5.91 Å². The molecule has 2 heterocycles. The molecule has 0 atom stereocenters. The minimum absolute atomic E-state index is 0.148. The molecular formula is C23H17N3O3. The molecule has 0 saturated carbocycles. The molecule has 0 radical (unpaired) electrons. The topological polar surface area (TPSA) is 84.1 Å². The maximum atomic E-state index is 13.2. The van der Waals surface area contributed by atoms with Gasteiger partial charge in [-0.2, -0.15) is 5.10 Å². The van der Waals surface area contributed by atoms with E-state index in [0.717, 1.165) is 16.5 Å². The van der Waals surface area contributed by atoms with Crippen molar-refractivity contribution in [2.45, 2.75) is 12.5 Å². The molecular weight excluding hydrogens is 366 g/mol. The fourth-order valence-corrected chi connectivity index (χ4v) is 3.77. The van der Waals surface area contributed by atoms with Crippen LogP contribution < -0.4 is 15.6 Å². The van der Waals surface area contributed by atoms with Crippen LogP contribution in [0.4, 0.5) is 0 Å². The van der Waals surface area contributed by atoms with Gasteiger partial charge in [0.15, 0.2) is 0 Å². The summed E-state index contributed by atoms with van der Waals surface area (Å²) in [5, 5.41) is 10.9. The lowest BCUT2D eigenvalue weighted by Gasteiger charge is -2.27. The standard InChI is InChI=1S/C23H17N3O3/c27-22-15-8-2-1-7-14(15)18(25-26-22)13-24-23(28)21-16-9-3-5-11-19(16)29-20-12-6-4-10-17(20)21/h1-12,21H,13H2,(H,24,28)(H,26,27). The minimum Gasteiger partial charge on any atom is -0.457 e. The predicted octanol–water partition coefficient (Wildman–Crippen LogP) is 3.48. The average molecular weight is 383 g/mol. The van der Waals surface area contributed by atoms with Crippen LogP contribution in [-0.4, -0.2) is 16.1 Å². The van der Waals surface area contributed by atoms with Crippen molar-refractivity contribution >= 4 is 16.7 Å². The van der Waals surface area contributed by atoms with E-state index < -0.39 is 5.92 Å². The molecule has 0 aliphatic carbocycles. The normalized spacial score (nSPS) is 12.7.